The Morgan fingerprint density at radius 1 is 1.44 bits per heavy atom. The van der Waals surface area contributed by atoms with Gasteiger partial charge in [0, 0.05) is 10.0 Å². The molecular weight excluding hydrogens is 295 g/mol. The number of halogens is 2. The Hall–Kier alpha value is -0.290. The van der Waals surface area contributed by atoms with Crippen molar-refractivity contribution in [2.24, 2.45) is 0 Å². The summed E-state index contributed by atoms with van der Waals surface area (Å²) in [5.41, 5.74) is 0.532. The maximum atomic E-state index is 9.89. The van der Waals surface area contributed by atoms with Crippen LogP contribution in [0.3, 0.4) is 0 Å². The van der Waals surface area contributed by atoms with Crippen molar-refractivity contribution < 1.29 is 14.9 Å². The fraction of sp³-hybridized carbons (Fsp3) is 0.455. The van der Waals surface area contributed by atoms with Crippen molar-refractivity contribution in [1.29, 1.82) is 0 Å². The van der Waals surface area contributed by atoms with E-state index >= 15 is 0 Å². The second-order valence-electron chi connectivity index (χ2n) is 3.28. The molecule has 2 unspecified atom stereocenters. The predicted molar refractivity (Wildman–Crippen MR) is 67.0 cm³/mol. The maximum Gasteiger partial charge on any atom is 0.125 e. The summed E-state index contributed by atoms with van der Waals surface area (Å²) in [7, 11) is 0. The van der Waals surface area contributed by atoms with Gasteiger partial charge in [-0.3, -0.25) is 0 Å². The second-order valence-corrected chi connectivity index (χ2v) is 4.51. The number of benzene rings is 1. The Morgan fingerprint density at radius 3 is 2.69 bits per heavy atom. The molecule has 0 aliphatic carbocycles. The third-order valence-electron chi connectivity index (χ3n) is 2.11. The first kappa shape index (κ1) is 13.8. The highest BCUT2D eigenvalue weighted by molar-refractivity contribution is 9.10. The van der Waals surface area contributed by atoms with Crippen LogP contribution in [0.2, 0.25) is 0 Å². The first-order chi connectivity index (χ1) is 7.60. The van der Waals surface area contributed by atoms with Crippen LogP contribution < -0.4 is 4.74 Å². The van der Waals surface area contributed by atoms with Crippen molar-refractivity contribution in [3.63, 3.8) is 0 Å². The molecular formula is C11H14BrClO3. The number of alkyl halides is 1. The quantitative estimate of drug-likeness (QED) is 0.822. The number of rotatable bonds is 5. The molecule has 0 radical (unpaired) electrons. The molecule has 16 heavy (non-hydrogen) atoms. The Labute approximate surface area is 108 Å². The van der Waals surface area contributed by atoms with Gasteiger partial charge in [0.25, 0.3) is 0 Å². The zero-order valence-electron chi connectivity index (χ0n) is 8.86. The van der Waals surface area contributed by atoms with E-state index in [1.165, 1.54) is 0 Å². The van der Waals surface area contributed by atoms with E-state index in [1.54, 1.807) is 12.1 Å². The van der Waals surface area contributed by atoms with Crippen molar-refractivity contribution in [3.05, 3.63) is 28.2 Å². The van der Waals surface area contributed by atoms with E-state index in [0.29, 0.717) is 17.9 Å². The zero-order chi connectivity index (χ0) is 12.1. The standard InChI is InChI=1S/C11H14BrClO3/c1-2-16-10-4-3-7(12)5-8(10)11(15)9(14)6-13/h3-5,9,11,14-15H,2,6H2,1H3. The van der Waals surface area contributed by atoms with Gasteiger partial charge in [-0.1, -0.05) is 15.9 Å². The minimum atomic E-state index is -1.04. The minimum Gasteiger partial charge on any atom is -0.493 e. The summed E-state index contributed by atoms with van der Waals surface area (Å²) < 4.78 is 6.18. The Morgan fingerprint density at radius 2 is 2.12 bits per heavy atom. The van der Waals surface area contributed by atoms with Gasteiger partial charge >= 0.3 is 0 Å². The molecule has 2 atom stereocenters. The van der Waals surface area contributed by atoms with E-state index < -0.39 is 12.2 Å². The molecule has 2 N–H and O–H groups in total. The van der Waals surface area contributed by atoms with Gasteiger partial charge in [0.2, 0.25) is 0 Å². The average molecular weight is 310 g/mol. The number of hydrogen-bond acceptors (Lipinski definition) is 3. The Balaban J connectivity index is 3.03. The molecule has 0 fully saturated rings. The van der Waals surface area contributed by atoms with E-state index in [2.05, 4.69) is 15.9 Å². The van der Waals surface area contributed by atoms with E-state index in [-0.39, 0.29) is 5.88 Å². The first-order valence-electron chi connectivity index (χ1n) is 4.94. The van der Waals surface area contributed by atoms with Crippen molar-refractivity contribution in [3.8, 4) is 5.75 Å². The van der Waals surface area contributed by atoms with E-state index in [4.69, 9.17) is 16.3 Å². The second kappa shape index (κ2) is 6.45. The third-order valence-corrected chi connectivity index (χ3v) is 2.92. The lowest BCUT2D eigenvalue weighted by Crippen LogP contribution is -2.20. The Bertz CT molecular complexity index is 346. The molecule has 0 spiro atoms. The number of aliphatic hydroxyl groups excluding tert-OH is 2. The molecule has 0 aliphatic heterocycles. The lowest BCUT2D eigenvalue weighted by atomic mass is 10.0. The fourth-order valence-electron chi connectivity index (χ4n) is 1.33. The van der Waals surface area contributed by atoms with Crippen LogP contribution in [0.1, 0.15) is 18.6 Å². The molecule has 0 saturated carbocycles. The van der Waals surface area contributed by atoms with Crippen molar-refractivity contribution in [2.75, 3.05) is 12.5 Å². The third kappa shape index (κ3) is 3.35. The van der Waals surface area contributed by atoms with E-state index in [1.807, 2.05) is 13.0 Å². The summed E-state index contributed by atoms with van der Waals surface area (Å²) in [5.74, 6) is 0.529. The largest absolute Gasteiger partial charge is 0.493 e. The van der Waals surface area contributed by atoms with Crippen LogP contribution in [0.15, 0.2) is 22.7 Å². The van der Waals surface area contributed by atoms with Crippen LogP contribution in [0.5, 0.6) is 5.75 Å². The summed E-state index contributed by atoms with van der Waals surface area (Å²) >= 11 is 8.81. The Kier molecular flexibility index (Phi) is 5.55. The van der Waals surface area contributed by atoms with E-state index in [0.717, 1.165) is 4.47 Å². The topological polar surface area (TPSA) is 49.7 Å². The van der Waals surface area contributed by atoms with Crippen molar-refractivity contribution in [1.82, 2.24) is 0 Å². The molecule has 0 heterocycles. The van der Waals surface area contributed by atoms with Gasteiger partial charge in [-0.05, 0) is 25.1 Å². The molecule has 3 nitrogen and oxygen atoms in total. The highest BCUT2D eigenvalue weighted by Gasteiger charge is 2.21. The molecule has 1 aromatic rings. The van der Waals surface area contributed by atoms with Crippen LogP contribution in [0.4, 0.5) is 0 Å². The van der Waals surface area contributed by atoms with Gasteiger partial charge < -0.3 is 14.9 Å². The minimum absolute atomic E-state index is 0.0285. The normalized spacial score (nSPS) is 14.6. The van der Waals surface area contributed by atoms with Crippen molar-refractivity contribution >= 4 is 27.5 Å². The summed E-state index contributed by atoms with van der Waals surface area (Å²) in [5, 5.41) is 19.4. The summed E-state index contributed by atoms with van der Waals surface area (Å²) in [6.07, 6.45) is -2.05. The van der Waals surface area contributed by atoms with Gasteiger partial charge in [-0.15, -0.1) is 11.6 Å². The van der Waals surface area contributed by atoms with Crippen LogP contribution in [-0.4, -0.2) is 28.8 Å². The predicted octanol–water partition coefficient (Wildman–Crippen LogP) is 2.48. The molecule has 1 aromatic carbocycles. The lowest BCUT2D eigenvalue weighted by molar-refractivity contribution is 0.0308. The summed E-state index contributed by atoms with van der Waals surface area (Å²) in [6, 6.07) is 5.27. The fourth-order valence-corrected chi connectivity index (χ4v) is 1.88. The maximum absolute atomic E-state index is 9.89. The summed E-state index contributed by atoms with van der Waals surface area (Å²) in [6.45, 7) is 2.36. The zero-order valence-corrected chi connectivity index (χ0v) is 11.2. The number of aliphatic hydroxyl groups is 2. The number of ether oxygens (including phenoxy) is 1. The highest BCUT2D eigenvalue weighted by atomic mass is 79.9. The van der Waals surface area contributed by atoms with Gasteiger partial charge in [0.15, 0.2) is 0 Å². The lowest BCUT2D eigenvalue weighted by Gasteiger charge is -2.19. The van der Waals surface area contributed by atoms with Crippen LogP contribution in [-0.2, 0) is 0 Å². The van der Waals surface area contributed by atoms with Crippen LogP contribution in [0, 0.1) is 0 Å². The highest BCUT2D eigenvalue weighted by Crippen LogP contribution is 2.30. The molecule has 5 heteroatoms. The monoisotopic (exact) mass is 308 g/mol. The van der Waals surface area contributed by atoms with Gasteiger partial charge in [0.1, 0.15) is 11.9 Å². The molecule has 0 aliphatic rings. The van der Waals surface area contributed by atoms with Crippen molar-refractivity contribution in [2.45, 2.75) is 19.1 Å². The van der Waals surface area contributed by atoms with Crippen LogP contribution >= 0.6 is 27.5 Å². The molecule has 0 bridgehead atoms. The smallest absolute Gasteiger partial charge is 0.125 e. The van der Waals surface area contributed by atoms with Gasteiger partial charge in [-0.25, -0.2) is 0 Å². The molecule has 0 saturated heterocycles. The number of hydrogen-bond donors (Lipinski definition) is 2. The van der Waals surface area contributed by atoms with Gasteiger partial charge in [-0.2, -0.15) is 0 Å². The molecule has 90 valence electrons. The average Bonchev–Trinajstić information content (AvgIpc) is 2.29. The van der Waals surface area contributed by atoms with Gasteiger partial charge in [0.05, 0.1) is 18.6 Å². The first-order valence-corrected chi connectivity index (χ1v) is 6.27. The SMILES string of the molecule is CCOc1ccc(Br)cc1C(O)C(O)CCl. The van der Waals surface area contributed by atoms with Crippen LogP contribution in [0.25, 0.3) is 0 Å². The molecule has 0 amide bonds. The molecule has 1 rings (SSSR count). The van der Waals surface area contributed by atoms with E-state index in [9.17, 15) is 10.2 Å². The summed E-state index contributed by atoms with van der Waals surface area (Å²) in [4.78, 5) is 0. The molecule has 0 aromatic heterocycles.